The number of unbranched alkanes of at least 4 members (excludes halogenated alkanes) is 2. The molecule has 15 N–H and O–H groups in total. The van der Waals surface area contributed by atoms with Crippen molar-refractivity contribution in [3.63, 3.8) is 0 Å². The summed E-state index contributed by atoms with van der Waals surface area (Å²) in [6, 6.07) is 6.65. The summed E-state index contributed by atoms with van der Waals surface area (Å²) in [5.74, 6) is -0.793. The van der Waals surface area contributed by atoms with E-state index in [0.29, 0.717) is 77.3 Å². The molecule has 2 aromatic carbocycles. The fraction of sp³-hybridized carbons (Fsp3) is 0.476. The van der Waals surface area contributed by atoms with Crippen molar-refractivity contribution in [2.24, 2.45) is 49.4 Å². The number of anilines is 3. The molecule has 0 aliphatic heterocycles. The van der Waals surface area contributed by atoms with Gasteiger partial charge >= 0.3 is 51.4 Å². The first-order valence-corrected chi connectivity index (χ1v) is 20.9. The summed E-state index contributed by atoms with van der Waals surface area (Å²) in [4.78, 5) is 51.4. The molecule has 0 bridgehead atoms. The van der Waals surface area contributed by atoms with Crippen molar-refractivity contribution in [3.8, 4) is 0 Å². The van der Waals surface area contributed by atoms with Crippen LogP contribution in [0.3, 0.4) is 0 Å². The monoisotopic (exact) mass is 911 g/mol. The van der Waals surface area contributed by atoms with Gasteiger partial charge in [-0.15, -0.1) is 12.2 Å². The molecule has 0 saturated heterocycles. The molecular weight excluding hydrogens is 845 g/mol. The molecule has 61 heavy (non-hydrogen) atoms. The third-order valence-electron chi connectivity index (χ3n) is 8.29. The van der Waals surface area contributed by atoms with Gasteiger partial charge in [-0.2, -0.15) is 0 Å². The second-order valence-electron chi connectivity index (χ2n) is 13.4. The summed E-state index contributed by atoms with van der Waals surface area (Å²) in [6.45, 7) is 16.3. The predicted molar refractivity (Wildman–Crippen MR) is 255 cm³/mol. The number of guanidine groups is 2. The minimum Gasteiger partial charge on any atom is -0.684 e. The fourth-order valence-corrected chi connectivity index (χ4v) is 5.29. The van der Waals surface area contributed by atoms with Crippen LogP contribution in [0.25, 0.3) is 5.32 Å². The number of carbonyl (C=O) groups is 3. The number of amides is 3. The van der Waals surface area contributed by atoms with Crippen LogP contribution in [-0.4, -0.2) is 68.6 Å². The number of nitrogens with zero attached hydrogens (tertiary/aromatic N) is 4. The minimum absolute atomic E-state index is 0. The minimum atomic E-state index is -0.560. The summed E-state index contributed by atoms with van der Waals surface area (Å²) in [6.07, 6.45) is 8.92. The van der Waals surface area contributed by atoms with Crippen molar-refractivity contribution in [2.75, 3.05) is 48.7 Å². The average Bonchev–Trinajstić information content (AvgIpc) is 3.19. The van der Waals surface area contributed by atoms with Crippen molar-refractivity contribution >= 4 is 81.8 Å². The van der Waals surface area contributed by atoms with Crippen LogP contribution < -0.4 is 102 Å². The summed E-state index contributed by atoms with van der Waals surface area (Å²) in [5.41, 5.74) is 35.6. The Bertz CT molecular complexity index is 1810. The SMILES string of the molecule is CC=N/C(=C\C(C(=O)Nc1cc(Cl)cc([N-]CCCCN)c1C)=C(/C)CC)C(=O)Nc1cc(Cl)cc(NC(=O)CCCCN)c1C.CCCN=C(N)N.CCCN=C(N)N.[K+]. The van der Waals surface area contributed by atoms with Crippen molar-refractivity contribution in [2.45, 2.75) is 99.8 Å². The fourth-order valence-electron chi connectivity index (χ4n) is 4.86. The Labute approximate surface area is 415 Å². The number of rotatable bonds is 21. The number of hydrogen-bond acceptors (Lipinski definition) is 8. The molecule has 0 aliphatic carbocycles. The van der Waals surface area contributed by atoms with Gasteiger partial charge in [0.25, 0.3) is 11.8 Å². The Kier molecular flexibility index (Phi) is 34.2. The number of benzene rings is 2. The van der Waals surface area contributed by atoms with E-state index in [-0.39, 0.29) is 80.5 Å². The zero-order valence-corrected chi connectivity index (χ0v) is 42.0. The molecule has 19 heteroatoms. The van der Waals surface area contributed by atoms with Crippen LogP contribution in [0.4, 0.5) is 22.7 Å². The van der Waals surface area contributed by atoms with Gasteiger partial charge in [-0.05, 0) is 115 Å². The molecule has 0 unspecified atom stereocenters. The zero-order valence-electron chi connectivity index (χ0n) is 37.4. The van der Waals surface area contributed by atoms with E-state index in [9.17, 15) is 14.4 Å². The van der Waals surface area contributed by atoms with Gasteiger partial charge in [0.1, 0.15) is 5.70 Å². The molecule has 0 aliphatic rings. The van der Waals surface area contributed by atoms with Gasteiger partial charge in [-0.3, -0.25) is 29.4 Å². The Hall–Kier alpha value is -3.52. The Morgan fingerprint density at radius 2 is 1.23 bits per heavy atom. The maximum Gasteiger partial charge on any atom is 1.00 e. The van der Waals surface area contributed by atoms with Crippen molar-refractivity contribution < 1.29 is 65.8 Å². The average molecular weight is 913 g/mol. The third kappa shape index (κ3) is 25.9. The van der Waals surface area contributed by atoms with Gasteiger partial charge in [0.2, 0.25) is 5.91 Å². The molecule has 3 amide bonds. The second kappa shape index (κ2) is 35.0. The Morgan fingerprint density at radius 1 is 0.738 bits per heavy atom. The molecule has 2 aromatic rings. The third-order valence-corrected chi connectivity index (χ3v) is 8.73. The Balaban J connectivity index is 0. The van der Waals surface area contributed by atoms with E-state index in [4.69, 9.17) is 57.6 Å². The van der Waals surface area contributed by atoms with E-state index in [1.54, 1.807) is 38.1 Å². The molecule has 16 nitrogen and oxygen atoms in total. The number of nitrogens with two attached hydrogens (primary N) is 6. The van der Waals surface area contributed by atoms with Crippen LogP contribution in [0, 0.1) is 13.8 Å². The summed E-state index contributed by atoms with van der Waals surface area (Å²) in [7, 11) is 0. The number of nitrogens with one attached hydrogen (secondary N) is 3. The number of allylic oxidation sites excluding steroid dienone is 1. The van der Waals surface area contributed by atoms with Crippen LogP contribution in [0.1, 0.15) is 97.1 Å². The van der Waals surface area contributed by atoms with E-state index in [2.05, 4.69) is 36.2 Å². The van der Waals surface area contributed by atoms with Gasteiger partial charge < -0.3 is 55.7 Å². The van der Waals surface area contributed by atoms with E-state index in [1.165, 1.54) is 12.3 Å². The van der Waals surface area contributed by atoms with Gasteiger partial charge in [-0.1, -0.05) is 62.0 Å². The Morgan fingerprint density at radius 3 is 1.70 bits per heavy atom. The molecule has 0 aromatic heterocycles. The van der Waals surface area contributed by atoms with Crippen LogP contribution in [-0.2, 0) is 14.4 Å². The van der Waals surface area contributed by atoms with Crippen LogP contribution in [0.2, 0.25) is 10.0 Å². The summed E-state index contributed by atoms with van der Waals surface area (Å²) in [5, 5.41) is 14.0. The van der Waals surface area contributed by atoms with Crippen LogP contribution in [0.15, 0.2) is 62.2 Å². The maximum absolute atomic E-state index is 13.7. The first-order chi connectivity index (χ1) is 28.5. The first kappa shape index (κ1) is 59.6. The smallest absolute Gasteiger partial charge is 0.684 e. The van der Waals surface area contributed by atoms with Crippen molar-refractivity contribution in [1.29, 1.82) is 0 Å². The molecule has 2 rings (SSSR count). The molecule has 0 fully saturated rings. The van der Waals surface area contributed by atoms with E-state index in [0.717, 1.165) is 56.3 Å². The van der Waals surface area contributed by atoms with Gasteiger partial charge in [0.15, 0.2) is 11.9 Å². The number of halogens is 2. The van der Waals surface area contributed by atoms with Crippen molar-refractivity contribution in [3.05, 3.63) is 73.7 Å². The van der Waals surface area contributed by atoms with Crippen LogP contribution >= 0.6 is 23.2 Å². The molecule has 0 radical (unpaired) electrons. The molecule has 0 atom stereocenters. The van der Waals surface area contributed by atoms with Gasteiger partial charge in [0, 0.05) is 58.4 Å². The number of carbonyl (C=O) groups excluding carboxylic acids is 3. The molecule has 0 heterocycles. The van der Waals surface area contributed by atoms with E-state index in [1.807, 2.05) is 34.6 Å². The predicted octanol–water partition coefficient (Wildman–Crippen LogP) is 4.04. The maximum atomic E-state index is 13.7. The molecule has 0 saturated carbocycles. The quantitative estimate of drug-likeness (QED) is 0.0218. The normalized spacial score (nSPS) is 11.0. The number of aliphatic imine (C=N–C) groups is 3. The number of hydrogen-bond donors (Lipinski definition) is 9. The van der Waals surface area contributed by atoms with E-state index < -0.39 is 11.8 Å². The van der Waals surface area contributed by atoms with Crippen LogP contribution in [0.5, 0.6) is 0 Å². The largest absolute Gasteiger partial charge is 1.00 e. The molecule has 0 spiro atoms. The van der Waals surface area contributed by atoms with Gasteiger partial charge in [0.05, 0.1) is 0 Å². The molecule has 334 valence electrons. The van der Waals surface area contributed by atoms with Crippen molar-refractivity contribution in [1.82, 2.24) is 0 Å². The first-order valence-electron chi connectivity index (χ1n) is 20.1. The zero-order chi connectivity index (χ0) is 45.6. The second-order valence-corrected chi connectivity index (χ2v) is 14.3. The van der Waals surface area contributed by atoms with E-state index >= 15 is 0 Å². The molecular formula is C42H68Cl2KN13O3. The summed E-state index contributed by atoms with van der Waals surface area (Å²) >= 11 is 12.7. The summed E-state index contributed by atoms with van der Waals surface area (Å²) < 4.78 is 0. The standard InChI is InChI=1S/C34H46Cl2N7O3.2C4H11N3.K/c1-6-21(3)26(33(45)42-29-18-24(35)16-27(22(29)4)40-15-11-10-14-38)20-31(39-7-2)34(46)43-30-19-25(36)17-28(23(30)5)41-32(44)12-8-9-13-37;2*1-2-3-7-4(5)6;/h7,16-20H,6,8-15,37-38H2,1-5H3,(H,41,44)(H,42,45)(H,43,46);2*2-3H2,1H3,(H4,5,6,7);/q-1;;;+1/b26-21-,31-20-,39-7?;;;. The van der Waals surface area contributed by atoms with Gasteiger partial charge in [-0.25, -0.2) is 0 Å². The topological polar surface area (TPSA) is 295 Å².